The molecule has 0 aromatic heterocycles. The van der Waals surface area contributed by atoms with E-state index < -0.39 is 5.60 Å². The van der Waals surface area contributed by atoms with E-state index in [0.717, 1.165) is 53.8 Å². The number of ether oxygens (including phenoxy) is 4. The Morgan fingerprint density at radius 2 is 1.64 bits per heavy atom. The average molecular weight is 541 g/mol. The third kappa shape index (κ3) is 8.88. The van der Waals surface area contributed by atoms with Gasteiger partial charge in [-0.1, -0.05) is 12.1 Å². The lowest BCUT2D eigenvalue weighted by molar-refractivity contribution is 0.0485. The van der Waals surface area contributed by atoms with E-state index in [2.05, 4.69) is 23.6 Å². The van der Waals surface area contributed by atoms with Crippen molar-refractivity contribution in [1.29, 1.82) is 0 Å². The monoisotopic (exact) mass is 540 g/mol. The predicted molar refractivity (Wildman–Crippen MR) is 154 cm³/mol. The van der Waals surface area contributed by atoms with Crippen molar-refractivity contribution in [2.75, 3.05) is 32.8 Å². The number of rotatable bonds is 10. The van der Waals surface area contributed by atoms with Gasteiger partial charge in [-0.2, -0.15) is 0 Å². The number of amides is 1. The lowest BCUT2D eigenvalue weighted by Gasteiger charge is -2.34. The number of benzene rings is 2. The van der Waals surface area contributed by atoms with Gasteiger partial charge in [-0.15, -0.1) is 0 Å². The number of methoxy groups -OCH3 is 2. The predicted octanol–water partition coefficient (Wildman–Crippen LogP) is 6.36. The van der Waals surface area contributed by atoms with E-state index in [1.165, 1.54) is 7.11 Å². The van der Waals surface area contributed by atoms with E-state index in [9.17, 15) is 9.59 Å². The highest BCUT2D eigenvalue weighted by molar-refractivity contribution is 5.95. The van der Waals surface area contributed by atoms with Crippen LogP contribution in [0.25, 0.3) is 11.1 Å². The van der Waals surface area contributed by atoms with Crippen molar-refractivity contribution < 1.29 is 28.5 Å². The molecule has 0 bridgehead atoms. The molecule has 0 heterocycles. The Labute approximate surface area is 232 Å². The molecule has 8 nitrogen and oxygen atoms in total. The number of alkyl carbamates (subject to hydrolysis) is 1. The zero-order chi connectivity index (χ0) is 28.6. The molecule has 0 saturated heterocycles. The molecule has 2 aromatic carbocycles. The van der Waals surface area contributed by atoms with Crippen LogP contribution in [0.3, 0.4) is 0 Å². The van der Waals surface area contributed by atoms with Crippen LogP contribution in [-0.4, -0.2) is 57.2 Å². The van der Waals surface area contributed by atoms with Crippen LogP contribution >= 0.6 is 0 Å². The Balaban J connectivity index is 1.71. The van der Waals surface area contributed by atoms with Gasteiger partial charge in [0.1, 0.15) is 18.0 Å². The number of carbonyl (C=O) groups excluding carboxylic acids is 2. The molecular formula is C31H44N2O6. The Morgan fingerprint density at radius 3 is 2.23 bits per heavy atom. The van der Waals surface area contributed by atoms with Gasteiger partial charge in [-0.25, -0.2) is 9.59 Å². The molecule has 1 fully saturated rings. The summed E-state index contributed by atoms with van der Waals surface area (Å²) in [4.78, 5) is 24.8. The van der Waals surface area contributed by atoms with Gasteiger partial charge in [0.05, 0.1) is 19.3 Å². The number of nitrogens with one attached hydrogen (secondary N) is 2. The van der Waals surface area contributed by atoms with Crippen LogP contribution in [0.5, 0.6) is 5.75 Å². The molecule has 1 saturated carbocycles. The first-order valence-electron chi connectivity index (χ1n) is 13.7. The average Bonchev–Trinajstić information content (AvgIpc) is 2.89. The molecule has 39 heavy (non-hydrogen) atoms. The molecule has 1 atom stereocenters. The van der Waals surface area contributed by atoms with Gasteiger partial charge < -0.3 is 29.6 Å². The highest BCUT2D eigenvalue weighted by Crippen LogP contribution is 2.33. The smallest absolute Gasteiger partial charge is 0.407 e. The van der Waals surface area contributed by atoms with E-state index in [1.54, 1.807) is 7.11 Å². The van der Waals surface area contributed by atoms with Gasteiger partial charge >= 0.3 is 12.1 Å². The van der Waals surface area contributed by atoms with Crippen molar-refractivity contribution in [2.24, 2.45) is 5.92 Å². The second-order valence-corrected chi connectivity index (χ2v) is 11.2. The van der Waals surface area contributed by atoms with E-state index >= 15 is 0 Å². The molecule has 0 spiro atoms. The molecule has 1 amide bonds. The van der Waals surface area contributed by atoms with Crippen LogP contribution < -0.4 is 15.4 Å². The maximum Gasteiger partial charge on any atom is 0.407 e. The highest BCUT2D eigenvalue weighted by atomic mass is 16.6. The van der Waals surface area contributed by atoms with Gasteiger partial charge in [-0.3, -0.25) is 0 Å². The summed E-state index contributed by atoms with van der Waals surface area (Å²) < 4.78 is 21.2. The zero-order valence-corrected chi connectivity index (χ0v) is 24.4. The van der Waals surface area contributed by atoms with Crippen molar-refractivity contribution in [1.82, 2.24) is 5.32 Å². The molecule has 1 aliphatic carbocycles. The summed E-state index contributed by atoms with van der Waals surface area (Å²) in [7, 11) is 3.05. The molecule has 2 N–H and O–H groups in total. The first kappa shape index (κ1) is 30.3. The largest absolute Gasteiger partial charge is 0.491 e. The fourth-order valence-corrected chi connectivity index (χ4v) is 4.94. The summed E-state index contributed by atoms with van der Waals surface area (Å²) in [5.74, 6) is 0.841. The number of anilines is 1. The standard InChI is InChI=1S/C31H44N2O6/c1-20-27(29(34)37-7)18-24(23-10-14-26(15-11-23)38-17-16-36-6)19-28(20)32-21(2)22-8-12-25(13-9-22)33-30(35)39-31(3,4)5/h10-11,14-15,18-19,21-22,25,32H,8-9,12-13,16-17H2,1-7H3,(H,33,35)/t21?,22-,25-. The van der Waals surface area contributed by atoms with Crippen molar-refractivity contribution in [3.05, 3.63) is 47.5 Å². The number of esters is 1. The minimum Gasteiger partial charge on any atom is -0.491 e. The zero-order valence-electron chi connectivity index (χ0n) is 24.4. The summed E-state index contributed by atoms with van der Waals surface area (Å²) in [5.41, 5.74) is 3.70. The van der Waals surface area contributed by atoms with Crippen LogP contribution in [0.4, 0.5) is 10.5 Å². The van der Waals surface area contributed by atoms with Crippen molar-refractivity contribution in [3.8, 4) is 16.9 Å². The van der Waals surface area contributed by atoms with Crippen LogP contribution in [0.1, 0.15) is 69.3 Å². The molecule has 214 valence electrons. The normalized spacial score (nSPS) is 18.1. The second kappa shape index (κ2) is 13.7. The summed E-state index contributed by atoms with van der Waals surface area (Å²) >= 11 is 0. The topological polar surface area (TPSA) is 95.1 Å². The third-order valence-corrected chi connectivity index (χ3v) is 7.14. The minimum absolute atomic E-state index is 0.126. The van der Waals surface area contributed by atoms with Gasteiger partial charge in [-0.05, 0) is 107 Å². The second-order valence-electron chi connectivity index (χ2n) is 11.2. The van der Waals surface area contributed by atoms with Crippen LogP contribution in [-0.2, 0) is 14.2 Å². The fraction of sp³-hybridized carbons (Fsp3) is 0.548. The first-order valence-corrected chi connectivity index (χ1v) is 13.7. The Kier molecular flexibility index (Phi) is 10.6. The molecule has 8 heteroatoms. The summed E-state index contributed by atoms with van der Waals surface area (Å²) in [6.07, 6.45) is 3.43. The van der Waals surface area contributed by atoms with Crippen LogP contribution in [0.2, 0.25) is 0 Å². The molecule has 0 radical (unpaired) electrons. The van der Waals surface area contributed by atoms with Gasteiger partial charge in [0, 0.05) is 24.9 Å². The van der Waals surface area contributed by atoms with Crippen LogP contribution in [0.15, 0.2) is 36.4 Å². The van der Waals surface area contributed by atoms with Gasteiger partial charge in [0.2, 0.25) is 0 Å². The van der Waals surface area contributed by atoms with Crippen molar-refractivity contribution >= 4 is 17.7 Å². The molecule has 0 aliphatic heterocycles. The SMILES string of the molecule is COCCOc1ccc(-c2cc(NC(C)[C@H]3CC[C@H](NC(=O)OC(C)(C)C)CC3)c(C)c(C(=O)OC)c2)cc1. The number of hydrogen-bond donors (Lipinski definition) is 2. The Bertz CT molecular complexity index is 1100. The molecular weight excluding hydrogens is 496 g/mol. The molecule has 3 rings (SSSR count). The highest BCUT2D eigenvalue weighted by Gasteiger charge is 2.28. The summed E-state index contributed by atoms with van der Waals surface area (Å²) in [6.45, 7) is 10.7. The summed E-state index contributed by atoms with van der Waals surface area (Å²) in [6, 6.07) is 12.1. The lowest BCUT2D eigenvalue weighted by atomic mass is 9.82. The maximum atomic E-state index is 12.6. The maximum absolute atomic E-state index is 12.6. The Hall–Kier alpha value is -3.26. The molecule has 2 aromatic rings. The third-order valence-electron chi connectivity index (χ3n) is 7.14. The van der Waals surface area contributed by atoms with Crippen molar-refractivity contribution in [3.63, 3.8) is 0 Å². The fourth-order valence-electron chi connectivity index (χ4n) is 4.94. The summed E-state index contributed by atoms with van der Waals surface area (Å²) in [5, 5.41) is 6.70. The van der Waals surface area contributed by atoms with Gasteiger partial charge in [0.25, 0.3) is 0 Å². The van der Waals surface area contributed by atoms with Gasteiger partial charge in [0.15, 0.2) is 0 Å². The number of hydrogen-bond acceptors (Lipinski definition) is 7. The van der Waals surface area contributed by atoms with E-state index in [-0.39, 0.29) is 24.1 Å². The number of carbonyl (C=O) groups is 2. The quantitative estimate of drug-likeness (QED) is 0.267. The van der Waals surface area contributed by atoms with Crippen molar-refractivity contribution in [2.45, 2.75) is 78.0 Å². The van der Waals surface area contributed by atoms with E-state index in [1.807, 2.05) is 58.0 Å². The minimum atomic E-state index is -0.505. The van der Waals surface area contributed by atoms with E-state index in [0.29, 0.717) is 24.7 Å². The molecule has 1 aliphatic rings. The molecule has 1 unspecified atom stereocenters. The van der Waals surface area contributed by atoms with E-state index in [4.69, 9.17) is 18.9 Å². The first-order chi connectivity index (χ1) is 18.5. The van der Waals surface area contributed by atoms with Crippen LogP contribution in [0, 0.1) is 12.8 Å². The lowest BCUT2D eigenvalue weighted by Crippen LogP contribution is -2.42. The Morgan fingerprint density at radius 1 is 0.974 bits per heavy atom.